The molecular formula is C21H25N3O3. The molecule has 0 radical (unpaired) electrons. The molecule has 1 atom stereocenters. The number of ether oxygens (including phenoxy) is 2. The lowest BCUT2D eigenvalue weighted by Crippen LogP contribution is -2.50. The molecule has 1 amide bonds. The highest BCUT2D eigenvalue weighted by atomic mass is 16.5. The van der Waals surface area contributed by atoms with Crippen LogP contribution in [0.25, 0.3) is 0 Å². The molecule has 1 aliphatic carbocycles. The number of piperazine rings is 1. The standard InChI is InChI=1S/C21H25N3O3/c1-26-16-5-3-15-4-6-18(19(15)13-16)21(25)24-11-9-23(10-12-24)20-14-17(27-2)7-8-22-20/h3,5,7-8,13-14,18H,4,6,9-12H2,1-2H3. The molecular weight excluding hydrogens is 342 g/mol. The van der Waals surface area contributed by atoms with Gasteiger partial charge in [-0.2, -0.15) is 0 Å². The maximum absolute atomic E-state index is 13.1. The molecule has 0 N–H and O–H groups in total. The predicted octanol–water partition coefficient (Wildman–Crippen LogP) is 2.48. The Morgan fingerprint density at radius 1 is 1.04 bits per heavy atom. The number of benzene rings is 1. The number of carbonyl (C=O) groups is 1. The van der Waals surface area contributed by atoms with Gasteiger partial charge in [-0.15, -0.1) is 0 Å². The van der Waals surface area contributed by atoms with Crippen LogP contribution < -0.4 is 14.4 Å². The lowest BCUT2D eigenvalue weighted by atomic mass is 9.99. The number of hydrogen-bond donors (Lipinski definition) is 0. The number of aromatic nitrogens is 1. The van der Waals surface area contributed by atoms with Crippen molar-refractivity contribution in [2.75, 3.05) is 45.3 Å². The van der Waals surface area contributed by atoms with Crippen molar-refractivity contribution in [3.63, 3.8) is 0 Å². The third kappa shape index (κ3) is 3.44. The highest BCUT2D eigenvalue weighted by molar-refractivity contribution is 5.85. The first kappa shape index (κ1) is 17.6. The Labute approximate surface area is 159 Å². The summed E-state index contributed by atoms with van der Waals surface area (Å²) in [5, 5.41) is 0. The molecule has 2 aliphatic rings. The Hall–Kier alpha value is -2.76. The summed E-state index contributed by atoms with van der Waals surface area (Å²) in [5.41, 5.74) is 2.41. The molecule has 6 nitrogen and oxygen atoms in total. The largest absolute Gasteiger partial charge is 0.497 e. The van der Waals surface area contributed by atoms with Crippen molar-refractivity contribution in [2.45, 2.75) is 18.8 Å². The van der Waals surface area contributed by atoms with Gasteiger partial charge in [-0.25, -0.2) is 4.98 Å². The maximum atomic E-state index is 13.1. The number of nitrogens with zero attached hydrogens (tertiary/aromatic N) is 3. The first-order valence-electron chi connectivity index (χ1n) is 9.40. The molecule has 6 heteroatoms. The summed E-state index contributed by atoms with van der Waals surface area (Å²) >= 11 is 0. The quantitative estimate of drug-likeness (QED) is 0.831. The van der Waals surface area contributed by atoms with Crippen molar-refractivity contribution >= 4 is 11.7 Å². The molecule has 0 spiro atoms. The smallest absolute Gasteiger partial charge is 0.230 e. The van der Waals surface area contributed by atoms with Crippen LogP contribution in [-0.4, -0.2) is 56.2 Å². The zero-order chi connectivity index (χ0) is 18.8. The number of hydrogen-bond acceptors (Lipinski definition) is 5. The summed E-state index contributed by atoms with van der Waals surface area (Å²) in [5.74, 6) is 2.71. The first-order valence-corrected chi connectivity index (χ1v) is 9.40. The monoisotopic (exact) mass is 367 g/mol. The van der Waals surface area contributed by atoms with Crippen LogP contribution >= 0.6 is 0 Å². The number of carbonyl (C=O) groups excluding carboxylic acids is 1. The molecule has 0 saturated carbocycles. The van der Waals surface area contributed by atoms with Gasteiger partial charge < -0.3 is 19.3 Å². The Morgan fingerprint density at radius 3 is 2.52 bits per heavy atom. The highest BCUT2D eigenvalue weighted by Gasteiger charge is 2.33. The third-order valence-corrected chi connectivity index (χ3v) is 5.60. The fraction of sp³-hybridized carbons (Fsp3) is 0.429. The van der Waals surface area contributed by atoms with Crippen LogP contribution in [0.2, 0.25) is 0 Å². The average molecular weight is 367 g/mol. The number of methoxy groups -OCH3 is 2. The highest BCUT2D eigenvalue weighted by Crippen LogP contribution is 2.37. The van der Waals surface area contributed by atoms with Crippen molar-refractivity contribution < 1.29 is 14.3 Å². The van der Waals surface area contributed by atoms with Gasteiger partial charge in [-0.05, 0) is 42.2 Å². The van der Waals surface area contributed by atoms with E-state index in [2.05, 4.69) is 16.0 Å². The summed E-state index contributed by atoms with van der Waals surface area (Å²) in [7, 11) is 3.32. The van der Waals surface area contributed by atoms with E-state index in [4.69, 9.17) is 9.47 Å². The number of fused-ring (bicyclic) bond motifs is 1. The first-order chi connectivity index (χ1) is 13.2. The second-order valence-corrected chi connectivity index (χ2v) is 7.02. The number of rotatable bonds is 4. The maximum Gasteiger partial charge on any atom is 0.230 e. The summed E-state index contributed by atoms with van der Waals surface area (Å²) in [4.78, 5) is 21.8. The molecule has 1 aromatic heterocycles. The number of anilines is 1. The Kier molecular flexibility index (Phi) is 4.88. The fourth-order valence-electron chi connectivity index (χ4n) is 4.04. The van der Waals surface area contributed by atoms with Crippen molar-refractivity contribution in [3.05, 3.63) is 47.7 Å². The van der Waals surface area contributed by atoms with Crippen LogP contribution in [0.15, 0.2) is 36.5 Å². The Morgan fingerprint density at radius 2 is 1.78 bits per heavy atom. The van der Waals surface area contributed by atoms with Crippen molar-refractivity contribution in [1.29, 1.82) is 0 Å². The zero-order valence-corrected chi connectivity index (χ0v) is 15.9. The number of pyridine rings is 1. The lowest BCUT2D eigenvalue weighted by molar-refractivity contribution is -0.133. The van der Waals surface area contributed by atoms with Gasteiger partial charge in [-0.1, -0.05) is 6.07 Å². The van der Waals surface area contributed by atoms with Crippen LogP contribution in [0.4, 0.5) is 5.82 Å². The second kappa shape index (κ2) is 7.47. The van der Waals surface area contributed by atoms with Crippen LogP contribution in [0, 0.1) is 0 Å². The Bertz CT molecular complexity index is 831. The second-order valence-electron chi connectivity index (χ2n) is 7.02. The molecule has 1 aromatic carbocycles. The van der Waals surface area contributed by atoms with Crippen LogP contribution in [0.1, 0.15) is 23.5 Å². The molecule has 27 heavy (non-hydrogen) atoms. The van der Waals surface area contributed by atoms with Gasteiger partial charge in [-0.3, -0.25) is 4.79 Å². The molecule has 0 bridgehead atoms. The normalized spacial score (nSPS) is 19.0. The van der Waals surface area contributed by atoms with Crippen molar-refractivity contribution in [1.82, 2.24) is 9.88 Å². The van der Waals surface area contributed by atoms with E-state index in [-0.39, 0.29) is 11.8 Å². The molecule has 2 aromatic rings. The topological polar surface area (TPSA) is 54.9 Å². The lowest BCUT2D eigenvalue weighted by Gasteiger charge is -2.36. The molecule has 1 saturated heterocycles. The van der Waals surface area contributed by atoms with Crippen LogP contribution in [-0.2, 0) is 11.2 Å². The number of aryl methyl sites for hydroxylation is 1. The summed E-state index contributed by atoms with van der Waals surface area (Å²) in [6.07, 6.45) is 3.61. The van der Waals surface area contributed by atoms with Gasteiger partial charge in [0.1, 0.15) is 17.3 Å². The minimum absolute atomic E-state index is 0.0448. The predicted molar refractivity (Wildman–Crippen MR) is 104 cm³/mol. The van der Waals surface area contributed by atoms with E-state index in [1.165, 1.54) is 5.56 Å². The van der Waals surface area contributed by atoms with Gasteiger partial charge in [0.15, 0.2) is 0 Å². The average Bonchev–Trinajstić information content (AvgIpc) is 3.16. The van der Waals surface area contributed by atoms with E-state index < -0.39 is 0 Å². The van der Waals surface area contributed by atoms with E-state index in [1.54, 1.807) is 20.4 Å². The van der Waals surface area contributed by atoms with E-state index in [9.17, 15) is 4.79 Å². The van der Waals surface area contributed by atoms with Gasteiger partial charge >= 0.3 is 0 Å². The van der Waals surface area contributed by atoms with E-state index in [0.29, 0.717) is 13.1 Å². The molecule has 1 fully saturated rings. The summed E-state index contributed by atoms with van der Waals surface area (Å²) in [6.45, 7) is 2.99. The molecule has 4 rings (SSSR count). The van der Waals surface area contributed by atoms with Gasteiger partial charge in [0.25, 0.3) is 0 Å². The third-order valence-electron chi connectivity index (χ3n) is 5.60. The van der Waals surface area contributed by atoms with E-state index in [1.807, 2.05) is 29.2 Å². The van der Waals surface area contributed by atoms with Gasteiger partial charge in [0.05, 0.1) is 20.1 Å². The Balaban J connectivity index is 1.43. The van der Waals surface area contributed by atoms with Crippen LogP contribution in [0.3, 0.4) is 0 Å². The van der Waals surface area contributed by atoms with E-state index in [0.717, 1.165) is 48.8 Å². The number of amides is 1. The summed E-state index contributed by atoms with van der Waals surface area (Å²) < 4.78 is 10.6. The fourth-order valence-corrected chi connectivity index (χ4v) is 4.04. The molecule has 142 valence electrons. The van der Waals surface area contributed by atoms with E-state index >= 15 is 0 Å². The van der Waals surface area contributed by atoms with Crippen LogP contribution in [0.5, 0.6) is 11.5 Å². The molecule has 2 heterocycles. The molecule has 1 aliphatic heterocycles. The summed E-state index contributed by atoms with van der Waals surface area (Å²) in [6, 6.07) is 9.88. The minimum Gasteiger partial charge on any atom is -0.497 e. The van der Waals surface area contributed by atoms with Crippen molar-refractivity contribution in [2.24, 2.45) is 0 Å². The minimum atomic E-state index is -0.0448. The van der Waals surface area contributed by atoms with Crippen molar-refractivity contribution in [3.8, 4) is 11.5 Å². The zero-order valence-electron chi connectivity index (χ0n) is 15.9. The SMILES string of the molecule is COc1ccnc(N2CCN(C(=O)C3CCc4ccc(OC)cc43)CC2)c1. The molecule has 1 unspecified atom stereocenters. The van der Waals surface area contributed by atoms with Gasteiger partial charge in [0.2, 0.25) is 5.91 Å². The van der Waals surface area contributed by atoms with Gasteiger partial charge in [0, 0.05) is 38.4 Å².